The summed E-state index contributed by atoms with van der Waals surface area (Å²) in [5.74, 6) is 1.39. The van der Waals surface area contributed by atoms with E-state index in [1.165, 1.54) is 0 Å². The lowest BCUT2D eigenvalue weighted by Gasteiger charge is -2.12. The summed E-state index contributed by atoms with van der Waals surface area (Å²) in [5.41, 5.74) is 2.18. The Kier molecular flexibility index (Phi) is 5.39. The lowest BCUT2D eigenvalue weighted by molar-refractivity contribution is -0.173. The highest BCUT2D eigenvalue weighted by Crippen LogP contribution is 2.26. The maximum Gasteiger partial charge on any atom is 0.411 e. The van der Waals surface area contributed by atoms with Crippen LogP contribution in [0.15, 0.2) is 0 Å². The highest BCUT2D eigenvalue weighted by Gasteiger charge is 2.27. The summed E-state index contributed by atoms with van der Waals surface area (Å²) >= 11 is 0. The fourth-order valence-corrected chi connectivity index (χ4v) is 2.34. The van der Waals surface area contributed by atoms with Crippen molar-refractivity contribution < 1.29 is 17.9 Å². The molecule has 0 radical (unpaired) electrons. The standard InChI is InChI=1S/C14H20F3N3O/c1-2-7-18-13-10-4-3-5-11(10)19-12(20-13)6-8-21-9-14(15,16)17/h2-9H2,1H3,(H,18,19,20). The molecule has 1 aliphatic carbocycles. The van der Waals surface area contributed by atoms with Gasteiger partial charge in [-0.05, 0) is 25.7 Å². The number of hydrogen-bond donors (Lipinski definition) is 1. The lowest BCUT2D eigenvalue weighted by Crippen LogP contribution is -2.18. The summed E-state index contributed by atoms with van der Waals surface area (Å²) < 4.78 is 40.6. The topological polar surface area (TPSA) is 47.0 Å². The molecule has 1 aromatic heterocycles. The van der Waals surface area contributed by atoms with Gasteiger partial charge in [0.1, 0.15) is 18.2 Å². The number of alkyl halides is 3. The number of aromatic nitrogens is 2. The van der Waals surface area contributed by atoms with Gasteiger partial charge in [0, 0.05) is 24.2 Å². The lowest BCUT2D eigenvalue weighted by atomic mass is 10.2. The molecule has 0 atom stereocenters. The summed E-state index contributed by atoms with van der Waals surface area (Å²) in [6.45, 7) is 1.65. The van der Waals surface area contributed by atoms with Crippen molar-refractivity contribution in [1.29, 1.82) is 0 Å². The van der Waals surface area contributed by atoms with Gasteiger partial charge in [-0.1, -0.05) is 6.92 Å². The van der Waals surface area contributed by atoms with E-state index in [1.54, 1.807) is 0 Å². The third-order valence-electron chi connectivity index (χ3n) is 3.26. The first-order chi connectivity index (χ1) is 9.99. The smallest absolute Gasteiger partial charge is 0.372 e. The molecule has 4 nitrogen and oxygen atoms in total. The van der Waals surface area contributed by atoms with Crippen LogP contribution in [0.2, 0.25) is 0 Å². The van der Waals surface area contributed by atoms with E-state index in [0.717, 1.165) is 49.3 Å². The molecule has 1 heterocycles. The highest BCUT2D eigenvalue weighted by atomic mass is 19.4. The van der Waals surface area contributed by atoms with Crippen molar-refractivity contribution in [2.24, 2.45) is 0 Å². The number of ether oxygens (including phenoxy) is 1. The van der Waals surface area contributed by atoms with Crippen LogP contribution >= 0.6 is 0 Å². The zero-order valence-electron chi connectivity index (χ0n) is 12.1. The zero-order valence-corrected chi connectivity index (χ0v) is 12.1. The Hall–Kier alpha value is -1.37. The number of aryl methyl sites for hydroxylation is 1. The Bertz CT molecular complexity index is 477. The van der Waals surface area contributed by atoms with Gasteiger partial charge in [0.2, 0.25) is 0 Å². The number of rotatable bonds is 7. The SMILES string of the molecule is CCCNc1nc(CCOCC(F)(F)F)nc2c1CCC2. The molecule has 0 aromatic carbocycles. The summed E-state index contributed by atoms with van der Waals surface area (Å²) in [5, 5.41) is 3.28. The molecule has 0 saturated heterocycles. The van der Waals surface area contributed by atoms with Crippen LogP contribution in [-0.4, -0.2) is 35.9 Å². The number of fused-ring (bicyclic) bond motifs is 1. The summed E-state index contributed by atoms with van der Waals surface area (Å²) in [7, 11) is 0. The predicted molar refractivity (Wildman–Crippen MR) is 73.4 cm³/mol. The Morgan fingerprint density at radius 2 is 2.05 bits per heavy atom. The molecular weight excluding hydrogens is 283 g/mol. The third-order valence-corrected chi connectivity index (χ3v) is 3.26. The number of halogens is 3. The molecule has 0 unspecified atom stereocenters. The van der Waals surface area contributed by atoms with Crippen LogP contribution < -0.4 is 5.32 Å². The van der Waals surface area contributed by atoms with Crippen LogP contribution in [-0.2, 0) is 24.0 Å². The number of nitrogens with zero attached hydrogens (tertiary/aromatic N) is 2. The van der Waals surface area contributed by atoms with Crippen molar-refractivity contribution in [3.8, 4) is 0 Å². The summed E-state index contributed by atoms with van der Waals surface area (Å²) in [4.78, 5) is 8.88. The van der Waals surface area contributed by atoms with Crippen LogP contribution in [0, 0.1) is 0 Å². The first kappa shape index (κ1) is 16.0. The van der Waals surface area contributed by atoms with E-state index in [1.807, 2.05) is 0 Å². The van der Waals surface area contributed by atoms with Crippen LogP contribution in [0.4, 0.5) is 19.0 Å². The minimum Gasteiger partial charge on any atom is -0.372 e. The van der Waals surface area contributed by atoms with Crippen molar-refractivity contribution in [2.75, 3.05) is 25.1 Å². The highest BCUT2D eigenvalue weighted by molar-refractivity contribution is 5.48. The van der Waals surface area contributed by atoms with Crippen molar-refractivity contribution in [1.82, 2.24) is 9.97 Å². The normalized spacial score (nSPS) is 14.3. The molecule has 0 fully saturated rings. The van der Waals surface area contributed by atoms with Crippen molar-refractivity contribution in [3.63, 3.8) is 0 Å². The second-order valence-electron chi connectivity index (χ2n) is 5.11. The van der Waals surface area contributed by atoms with Gasteiger partial charge in [-0.25, -0.2) is 9.97 Å². The van der Waals surface area contributed by atoms with Gasteiger partial charge in [-0.2, -0.15) is 13.2 Å². The van der Waals surface area contributed by atoms with E-state index in [9.17, 15) is 13.2 Å². The van der Waals surface area contributed by atoms with E-state index < -0.39 is 12.8 Å². The molecule has 0 aliphatic heterocycles. The average Bonchev–Trinajstić information content (AvgIpc) is 2.88. The quantitative estimate of drug-likeness (QED) is 0.787. The van der Waals surface area contributed by atoms with Crippen molar-refractivity contribution >= 4 is 5.82 Å². The van der Waals surface area contributed by atoms with Crippen LogP contribution in [0.5, 0.6) is 0 Å². The second-order valence-corrected chi connectivity index (χ2v) is 5.11. The number of anilines is 1. The maximum absolute atomic E-state index is 12.0. The van der Waals surface area contributed by atoms with Gasteiger partial charge in [-0.15, -0.1) is 0 Å². The fourth-order valence-electron chi connectivity index (χ4n) is 2.34. The fraction of sp³-hybridized carbons (Fsp3) is 0.714. The van der Waals surface area contributed by atoms with Crippen LogP contribution in [0.25, 0.3) is 0 Å². The number of nitrogens with one attached hydrogen (secondary N) is 1. The zero-order chi connectivity index (χ0) is 15.3. The van der Waals surface area contributed by atoms with Gasteiger partial charge < -0.3 is 10.1 Å². The van der Waals surface area contributed by atoms with Gasteiger partial charge in [0.05, 0.1) is 6.61 Å². The Labute approximate surface area is 122 Å². The van der Waals surface area contributed by atoms with Gasteiger partial charge in [-0.3, -0.25) is 0 Å². The maximum atomic E-state index is 12.0. The number of hydrogen-bond acceptors (Lipinski definition) is 4. The Morgan fingerprint density at radius 1 is 1.24 bits per heavy atom. The average molecular weight is 303 g/mol. The molecule has 1 aromatic rings. The third kappa shape index (κ3) is 4.84. The van der Waals surface area contributed by atoms with Crippen LogP contribution in [0.3, 0.4) is 0 Å². The molecule has 0 amide bonds. The molecular formula is C14H20F3N3O. The Morgan fingerprint density at radius 3 is 2.76 bits per heavy atom. The van der Waals surface area contributed by atoms with E-state index in [2.05, 4.69) is 26.9 Å². The van der Waals surface area contributed by atoms with Crippen molar-refractivity contribution in [3.05, 3.63) is 17.1 Å². The molecule has 1 aliphatic rings. The van der Waals surface area contributed by atoms with Gasteiger partial charge in [0.15, 0.2) is 0 Å². The van der Waals surface area contributed by atoms with Crippen LogP contribution in [0.1, 0.15) is 36.8 Å². The van der Waals surface area contributed by atoms with Gasteiger partial charge in [0.25, 0.3) is 0 Å². The Balaban J connectivity index is 1.96. The van der Waals surface area contributed by atoms with E-state index in [-0.39, 0.29) is 6.61 Å². The monoisotopic (exact) mass is 303 g/mol. The molecule has 0 spiro atoms. The molecule has 21 heavy (non-hydrogen) atoms. The molecule has 118 valence electrons. The molecule has 0 bridgehead atoms. The largest absolute Gasteiger partial charge is 0.411 e. The summed E-state index contributed by atoms with van der Waals surface area (Å²) in [6.07, 6.45) is -0.0697. The molecule has 2 rings (SSSR count). The van der Waals surface area contributed by atoms with E-state index in [0.29, 0.717) is 12.2 Å². The first-order valence-electron chi connectivity index (χ1n) is 7.26. The van der Waals surface area contributed by atoms with Crippen molar-refractivity contribution in [2.45, 2.75) is 45.2 Å². The van der Waals surface area contributed by atoms with E-state index in [4.69, 9.17) is 0 Å². The van der Waals surface area contributed by atoms with Gasteiger partial charge >= 0.3 is 6.18 Å². The molecule has 7 heteroatoms. The first-order valence-corrected chi connectivity index (χ1v) is 7.26. The summed E-state index contributed by atoms with van der Waals surface area (Å²) in [6, 6.07) is 0. The van der Waals surface area contributed by atoms with E-state index >= 15 is 0 Å². The minimum absolute atomic E-state index is 0.0223. The second kappa shape index (κ2) is 7.06. The minimum atomic E-state index is -4.29. The molecule has 1 N–H and O–H groups in total. The predicted octanol–water partition coefficient (Wildman–Crippen LogP) is 2.91. The molecule has 0 saturated carbocycles.